The van der Waals surface area contributed by atoms with Crippen LogP contribution in [0.25, 0.3) is 0 Å². The molecule has 0 bridgehead atoms. The molecule has 1 aliphatic heterocycles. The first-order chi connectivity index (χ1) is 8.86. The standard InChI is InChI=1S/C13H22N4O/c1-10-15-16-13(12-9-14-7-8-18-12)17(10)11-5-3-2-4-6-11/h11-12,14H,2-9H2,1H3. The number of nitrogens with zero attached hydrogens (tertiary/aromatic N) is 3. The second kappa shape index (κ2) is 5.36. The Morgan fingerprint density at radius 3 is 2.78 bits per heavy atom. The normalized spacial score (nSPS) is 26.4. The van der Waals surface area contributed by atoms with Gasteiger partial charge in [-0.2, -0.15) is 0 Å². The van der Waals surface area contributed by atoms with Crippen molar-refractivity contribution in [2.75, 3.05) is 19.7 Å². The minimum atomic E-state index is 0.0712. The van der Waals surface area contributed by atoms with Crippen molar-refractivity contribution in [3.8, 4) is 0 Å². The quantitative estimate of drug-likeness (QED) is 0.869. The van der Waals surface area contributed by atoms with Crippen LogP contribution in [0.1, 0.15) is 55.9 Å². The largest absolute Gasteiger partial charge is 0.368 e. The zero-order chi connectivity index (χ0) is 12.4. The highest BCUT2D eigenvalue weighted by Crippen LogP contribution is 2.32. The molecule has 0 radical (unpaired) electrons. The maximum Gasteiger partial charge on any atom is 0.163 e. The topological polar surface area (TPSA) is 52.0 Å². The molecule has 1 N–H and O–H groups in total. The first-order valence-corrected chi connectivity index (χ1v) is 7.10. The van der Waals surface area contributed by atoms with Gasteiger partial charge in [0, 0.05) is 19.1 Å². The van der Waals surface area contributed by atoms with Gasteiger partial charge in [-0.05, 0) is 19.8 Å². The highest BCUT2D eigenvalue weighted by molar-refractivity contribution is 5.03. The molecule has 1 aromatic rings. The van der Waals surface area contributed by atoms with Crippen LogP contribution < -0.4 is 5.32 Å². The van der Waals surface area contributed by atoms with Crippen LogP contribution in [-0.4, -0.2) is 34.5 Å². The van der Waals surface area contributed by atoms with Gasteiger partial charge in [-0.3, -0.25) is 0 Å². The van der Waals surface area contributed by atoms with Crippen LogP contribution >= 0.6 is 0 Å². The Morgan fingerprint density at radius 2 is 2.06 bits per heavy atom. The van der Waals surface area contributed by atoms with E-state index in [1.165, 1.54) is 32.1 Å². The molecular formula is C13H22N4O. The lowest BCUT2D eigenvalue weighted by molar-refractivity contribution is 0.0182. The monoisotopic (exact) mass is 250 g/mol. The van der Waals surface area contributed by atoms with E-state index in [4.69, 9.17) is 4.74 Å². The van der Waals surface area contributed by atoms with Crippen LogP contribution in [0.2, 0.25) is 0 Å². The molecule has 5 nitrogen and oxygen atoms in total. The van der Waals surface area contributed by atoms with Crippen LogP contribution in [0.15, 0.2) is 0 Å². The van der Waals surface area contributed by atoms with E-state index >= 15 is 0 Å². The lowest BCUT2D eigenvalue weighted by Crippen LogP contribution is -2.35. The van der Waals surface area contributed by atoms with Gasteiger partial charge in [-0.15, -0.1) is 10.2 Å². The number of hydrogen-bond donors (Lipinski definition) is 1. The Morgan fingerprint density at radius 1 is 1.22 bits per heavy atom. The van der Waals surface area contributed by atoms with Crippen molar-refractivity contribution >= 4 is 0 Å². The number of rotatable bonds is 2. The summed E-state index contributed by atoms with van der Waals surface area (Å²) in [5, 5.41) is 12.0. The Kier molecular flexibility index (Phi) is 3.61. The molecule has 2 fully saturated rings. The lowest BCUT2D eigenvalue weighted by Gasteiger charge is -2.29. The molecule has 1 saturated heterocycles. The molecule has 1 aliphatic carbocycles. The second-order valence-corrected chi connectivity index (χ2v) is 5.33. The van der Waals surface area contributed by atoms with Crippen LogP contribution in [0, 0.1) is 6.92 Å². The second-order valence-electron chi connectivity index (χ2n) is 5.33. The molecule has 1 unspecified atom stereocenters. The summed E-state index contributed by atoms with van der Waals surface area (Å²) in [6.07, 6.45) is 6.60. The highest BCUT2D eigenvalue weighted by atomic mass is 16.5. The summed E-state index contributed by atoms with van der Waals surface area (Å²) in [5.74, 6) is 2.05. The van der Waals surface area contributed by atoms with Crippen LogP contribution in [0.4, 0.5) is 0 Å². The van der Waals surface area contributed by atoms with Crippen molar-refractivity contribution in [3.63, 3.8) is 0 Å². The Bertz CT molecular complexity index is 392. The zero-order valence-electron chi connectivity index (χ0n) is 11.1. The molecule has 18 heavy (non-hydrogen) atoms. The fourth-order valence-electron chi connectivity index (χ4n) is 3.13. The maximum absolute atomic E-state index is 5.82. The first-order valence-electron chi connectivity index (χ1n) is 7.10. The first kappa shape index (κ1) is 12.1. The summed E-state index contributed by atoms with van der Waals surface area (Å²) < 4.78 is 8.15. The minimum Gasteiger partial charge on any atom is -0.368 e. The van der Waals surface area contributed by atoms with E-state index in [-0.39, 0.29) is 6.10 Å². The summed E-state index contributed by atoms with van der Waals surface area (Å²) in [6.45, 7) is 4.61. The van der Waals surface area contributed by atoms with E-state index in [2.05, 4.69) is 27.0 Å². The molecule has 1 aromatic heterocycles. The van der Waals surface area contributed by atoms with Crippen molar-refractivity contribution in [1.82, 2.24) is 20.1 Å². The van der Waals surface area contributed by atoms with Crippen molar-refractivity contribution in [2.45, 2.75) is 51.2 Å². The third kappa shape index (κ3) is 2.29. The van der Waals surface area contributed by atoms with Crippen molar-refractivity contribution in [1.29, 1.82) is 0 Å². The Labute approximate surface area is 108 Å². The zero-order valence-corrected chi connectivity index (χ0v) is 11.1. The lowest BCUT2D eigenvalue weighted by atomic mass is 9.95. The molecule has 0 amide bonds. The van der Waals surface area contributed by atoms with Crippen molar-refractivity contribution in [2.24, 2.45) is 0 Å². The molecule has 100 valence electrons. The van der Waals surface area contributed by atoms with E-state index in [1.54, 1.807) is 0 Å². The van der Waals surface area contributed by atoms with Gasteiger partial charge in [-0.25, -0.2) is 0 Å². The number of aryl methyl sites for hydroxylation is 1. The highest BCUT2D eigenvalue weighted by Gasteiger charge is 2.27. The van der Waals surface area contributed by atoms with Crippen LogP contribution in [-0.2, 0) is 4.74 Å². The van der Waals surface area contributed by atoms with Crippen LogP contribution in [0.3, 0.4) is 0 Å². The summed E-state index contributed by atoms with van der Waals surface area (Å²) in [5.41, 5.74) is 0. The average Bonchev–Trinajstić information content (AvgIpc) is 2.83. The third-order valence-corrected chi connectivity index (χ3v) is 4.05. The minimum absolute atomic E-state index is 0.0712. The number of ether oxygens (including phenoxy) is 1. The summed E-state index contributed by atoms with van der Waals surface area (Å²) in [4.78, 5) is 0. The number of hydrogen-bond acceptors (Lipinski definition) is 4. The molecule has 3 rings (SSSR count). The third-order valence-electron chi connectivity index (χ3n) is 4.05. The number of aromatic nitrogens is 3. The van der Waals surface area contributed by atoms with Crippen LogP contribution in [0.5, 0.6) is 0 Å². The van der Waals surface area contributed by atoms with Gasteiger partial charge in [0.15, 0.2) is 5.82 Å². The molecule has 0 spiro atoms. The molecule has 0 aromatic carbocycles. The van der Waals surface area contributed by atoms with Gasteiger partial charge in [0.2, 0.25) is 0 Å². The number of nitrogens with one attached hydrogen (secondary N) is 1. The van der Waals surface area contributed by atoms with Gasteiger partial charge < -0.3 is 14.6 Å². The molecule has 2 aliphatic rings. The molecule has 1 atom stereocenters. The molecule has 1 saturated carbocycles. The predicted molar refractivity (Wildman–Crippen MR) is 68.4 cm³/mol. The SMILES string of the molecule is Cc1nnc(C2CNCCO2)n1C1CCCCC1. The Balaban J connectivity index is 1.85. The smallest absolute Gasteiger partial charge is 0.163 e. The fourth-order valence-corrected chi connectivity index (χ4v) is 3.13. The van der Waals surface area contributed by atoms with E-state index in [0.717, 1.165) is 31.3 Å². The summed E-state index contributed by atoms with van der Waals surface area (Å²) >= 11 is 0. The average molecular weight is 250 g/mol. The van der Waals surface area contributed by atoms with Crippen molar-refractivity contribution in [3.05, 3.63) is 11.6 Å². The van der Waals surface area contributed by atoms with E-state index in [9.17, 15) is 0 Å². The summed E-state index contributed by atoms with van der Waals surface area (Å²) in [6, 6.07) is 0.578. The molecular weight excluding hydrogens is 228 g/mol. The van der Waals surface area contributed by atoms with E-state index < -0.39 is 0 Å². The summed E-state index contributed by atoms with van der Waals surface area (Å²) in [7, 11) is 0. The fraction of sp³-hybridized carbons (Fsp3) is 0.846. The van der Waals surface area contributed by atoms with E-state index in [1.807, 2.05) is 0 Å². The van der Waals surface area contributed by atoms with Gasteiger partial charge >= 0.3 is 0 Å². The Hall–Kier alpha value is -0.940. The van der Waals surface area contributed by atoms with Gasteiger partial charge in [0.25, 0.3) is 0 Å². The maximum atomic E-state index is 5.82. The van der Waals surface area contributed by atoms with Gasteiger partial charge in [0.1, 0.15) is 11.9 Å². The molecule has 2 heterocycles. The van der Waals surface area contributed by atoms with Crippen molar-refractivity contribution < 1.29 is 4.74 Å². The van der Waals surface area contributed by atoms with Gasteiger partial charge in [0.05, 0.1) is 6.61 Å². The van der Waals surface area contributed by atoms with Gasteiger partial charge in [-0.1, -0.05) is 19.3 Å². The van der Waals surface area contributed by atoms with E-state index in [0.29, 0.717) is 6.04 Å². The molecule has 5 heteroatoms. The number of morpholine rings is 1. The predicted octanol–water partition coefficient (Wildman–Crippen LogP) is 1.75.